The van der Waals surface area contributed by atoms with Gasteiger partial charge in [0.15, 0.2) is 0 Å². The number of hydrogen-bond donors (Lipinski definition) is 1. The van der Waals surface area contributed by atoms with Gasteiger partial charge in [0.2, 0.25) is 0 Å². The van der Waals surface area contributed by atoms with E-state index in [1.165, 1.54) is 10.5 Å². The number of aromatic nitrogens is 2. The van der Waals surface area contributed by atoms with Crippen molar-refractivity contribution in [3.63, 3.8) is 0 Å². The van der Waals surface area contributed by atoms with Gasteiger partial charge in [-0.2, -0.15) is 13.2 Å². The lowest BCUT2D eigenvalue weighted by molar-refractivity contribution is -0.137. The van der Waals surface area contributed by atoms with Gasteiger partial charge < -0.3 is 9.38 Å². The number of nitrogens with one attached hydrogen (secondary N) is 1. The third-order valence-corrected chi connectivity index (χ3v) is 2.81. The van der Waals surface area contributed by atoms with Crippen LogP contribution in [-0.2, 0) is 6.18 Å². The van der Waals surface area contributed by atoms with E-state index >= 15 is 0 Å². The number of alkyl halides is 3. The van der Waals surface area contributed by atoms with Crippen molar-refractivity contribution < 1.29 is 13.2 Å². The van der Waals surface area contributed by atoms with Crippen molar-refractivity contribution in [3.8, 4) is 0 Å². The molecule has 0 amide bonds. The maximum Gasteiger partial charge on any atom is 0.416 e. The van der Waals surface area contributed by atoms with E-state index in [2.05, 4.69) is 4.98 Å². The van der Waals surface area contributed by atoms with Gasteiger partial charge >= 0.3 is 6.18 Å². The molecule has 1 aromatic carbocycles. The summed E-state index contributed by atoms with van der Waals surface area (Å²) in [6, 6.07) is 6.41. The number of hydrogen-bond acceptors (Lipinski definition) is 1. The molecule has 0 radical (unpaired) electrons. The highest BCUT2D eigenvalue weighted by Crippen LogP contribution is 2.30. The first-order valence-corrected chi connectivity index (χ1v) is 5.17. The second-order valence-corrected chi connectivity index (χ2v) is 3.95. The average Bonchev–Trinajstić information content (AvgIpc) is 2.77. The monoisotopic (exact) mass is 252 g/mol. The Hall–Kier alpha value is -2.24. The summed E-state index contributed by atoms with van der Waals surface area (Å²) in [5.41, 5.74) is -0.0488. The quantitative estimate of drug-likeness (QED) is 0.656. The topological polar surface area (TPSA) is 37.3 Å². The highest BCUT2D eigenvalue weighted by molar-refractivity contribution is 5.79. The van der Waals surface area contributed by atoms with Crippen LogP contribution in [0.5, 0.6) is 0 Å². The Kier molecular flexibility index (Phi) is 2.04. The molecular formula is C12H7F3N2O. The Morgan fingerprint density at radius 3 is 2.61 bits per heavy atom. The fourth-order valence-electron chi connectivity index (χ4n) is 1.98. The molecule has 1 N–H and O–H groups in total. The Morgan fingerprint density at radius 1 is 1.11 bits per heavy atom. The van der Waals surface area contributed by atoms with Crippen LogP contribution in [0.25, 0.3) is 16.6 Å². The maximum absolute atomic E-state index is 12.6. The molecule has 0 bridgehead atoms. The molecule has 0 aliphatic rings. The lowest BCUT2D eigenvalue weighted by Gasteiger charge is -2.08. The number of aromatic amines is 1. The minimum atomic E-state index is -4.40. The molecule has 3 aromatic rings. The Bertz CT molecular complexity index is 798. The predicted octanol–water partition coefficient (Wildman–Crippen LogP) is 2.80. The van der Waals surface area contributed by atoms with Gasteiger partial charge in [-0.1, -0.05) is 0 Å². The summed E-state index contributed by atoms with van der Waals surface area (Å²) >= 11 is 0. The van der Waals surface area contributed by atoms with Crippen LogP contribution in [0.1, 0.15) is 5.56 Å². The zero-order valence-corrected chi connectivity index (χ0v) is 8.95. The van der Waals surface area contributed by atoms with Crippen LogP contribution in [0, 0.1) is 0 Å². The average molecular weight is 252 g/mol. The van der Waals surface area contributed by atoms with E-state index < -0.39 is 11.7 Å². The van der Waals surface area contributed by atoms with Crippen molar-refractivity contribution in [3.05, 3.63) is 52.4 Å². The number of halogens is 3. The van der Waals surface area contributed by atoms with Crippen LogP contribution in [0.15, 0.2) is 41.3 Å². The van der Waals surface area contributed by atoms with Crippen LogP contribution in [0.2, 0.25) is 0 Å². The van der Waals surface area contributed by atoms with E-state index in [0.717, 1.165) is 12.1 Å². The summed E-state index contributed by atoms with van der Waals surface area (Å²) in [4.78, 5) is 14.2. The molecule has 0 atom stereocenters. The van der Waals surface area contributed by atoms with Crippen molar-refractivity contribution in [2.45, 2.75) is 6.18 Å². The lowest BCUT2D eigenvalue weighted by atomic mass is 10.2. The van der Waals surface area contributed by atoms with Gasteiger partial charge in [-0.05, 0) is 30.3 Å². The molecule has 0 aliphatic heterocycles. The Balaban J connectivity index is 2.46. The smallest absolute Gasteiger partial charge is 0.319 e. The fourth-order valence-corrected chi connectivity index (χ4v) is 1.98. The summed E-state index contributed by atoms with van der Waals surface area (Å²) in [5, 5.41) is 0. The predicted molar refractivity (Wildman–Crippen MR) is 60.5 cm³/mol. The molecule has 6 heteroatoms. The number of H-pyrrole nitrogens is 1. The molecule has 2 heterocycles. The minimum absolute atomic E-state index is 0.321. The molecule has 3 rings (SSSR count). The zero-order chi connectivity index (χ0) is 12.9. The SMILES string of the molecule is O=c1[nH]c2ccc(C(F)(F)F)cc2n2cccc12. The fraction of sp³-hybridized carbons (Fsp3) is 0.0833. The van der Waals surface area contributed by atoms with Gasteiger partial charge in [0.25, 0.3) is 5.56 Å². The van der Waals surface area contributed by atoms with Crippen molar-refractivity contribution in [1.29, 1.82) is 0 Å². The highest BCUT2D eigenvalue weighted by Gasteiger charge is 2.30. The number of rotatable bonds is 0. The van der Waals surface area contributed by atoms with Crippen molar-refractivity contribution in [1.82, 2.24) is 9.38 Å². The molecule has 0 saturated heterocycles. The second-order valence-electron chi connectivity index (χ2n) is 3.95. The van der Waals surface area contributed by atoms with Crippen LogP contribution >= 0.6 is 0 Å². The van der Waals surface area contributed by atoms with E-state index in [1.807, 2.05) is 0 Å². The van der Waals surface area contributed by atoms with Crippen molar-refractivity contribution in [2.24, 2.45) is 0 Å². The second kappa shape index (κ2) is 3.38. The normalized spacial score (nSPS) is 12.4. The maximum atomic E-state index is 12.6. The number of nitrogens with zero attached hydrogens (tertiary/aromatic N) is 1. The number of benzene rings is 1. The summed E-state index contributed by atoms with van der Waals surface area (Å²) in [6.07, 6.45) is -2.84. The summed E-state index contributed by atoms with van der Waals surface area (Å²) in [5.74, 6) is 0. The third kappa shape index (κ3) is 1.49. The first-order chi connectivity index (χ1) is 8.47. The first kappa shape index (κ1) is 10.9. The molecule has 18 heavy (non-hydrogen) atoms. The van der Waals surface area contributed by atoms with Crippen LogP contribution in [0.4, 0.5) is 13.2 Å². The van der Waals surface area contributed by atoms with Gasteiger partial charge in [0.1, 0.15) is 5.52 Å². The molecule has 0 saturated carbocycles. The first-order valence-electron chi connectivity index (χ1n) is 5.17. The lowest BCUT2D eigenvalue weighted by Crippen LogP contribution is -2.11. The number of fused-ring (bicyclic) bond motifs is 3. The molecule has 3 nitrogen and oxygen atoms in total. The van der Waals surface area contributed by atoms with E-state index in [4.69, 9.17) is 0 Å². The van der Waals surface area contributed by atoms with Crippen LogP contribution in [-0.4, -0.2) is 9.38 Å². The molecule has 0 unspecified atom stereocenters. The highest BCUT2D eigenvalue weighted by atomic mass is 19.4. The van der Waals surface area contributed by atoms with E-state index in [0.29, 0.717) is 16.6 Å². The summed E-state index contributed by atoms with van der Waals surface area (Å²) in [7, 11) is 0. The third-order valence-electron chi connectivity index (χ3n) is 2.81. The van der Waals surface area contributed by atoms with Gasteiger partial charge in [-0.15, -0.1) is 0 Å². The Labute approximate surface area is 98.5 Å². The molecule has 92 valence electrons. The largest absolute Gasteiger partial charge is 0.416 e. The Morgan fingerprint density at radius 2 is 1.89 bits per heavy atom. The van der Waals surface area contributed by atoms with Gasteiger partial charge in [0, 0.05) is 6.20 Å². The van der Waals surface area contributed by atoms with Crippen LogP contribution in [0.3, 0.4) is 0 Å². The van der Waals surface area contributed by atoms with Crippen molar-refractivity contribution >= 4 is 16.6 Å². The molecule has 0 spiro atoms. The molecule has 2 aromatic heterocycles. The van der Waals surface area contributed by atoms with E-state index in [9.17, 15) is 18.0 Å². The van der Waals surface area contributed by atoms with Gasteiger partial charge in [-0.3, -0.25) is 4.79 Å². The van der Waals surface area contributed by atoms with Gasteiger partial charge in [-0.25, -0.2) is 0 Å². The van der Waals surface area contributed by atoms with E-state index in [1.54, 1.807) is 18.3 Å². The van der Waals surface area contributed by atoms with Crippen molar-refractivity contribution in [2.75, 3.05) is 0 Å². The standard InChI is InChI=1S/C12H7F3N2O/c13-12(14,15)7-3-4-8-10(6-7)17-5-1-2-9(17)11(18)16-8/h1-6H,(H,16,18). The zero-order valence-electron chi connectivity index (χ0n) is 8.95. The molecular weight excluding hydrogens is 245 g/mol. The molecule has 0 fully saturated rings. The van der Waals surface area contributed by atoms with Crippen LogP contribution < -0.4 is 5.56 Å². The minimum Gasteiger partial charge on any atom is -0.319 e. The summed E-state index contributed by atoms with van der Waals surface area (Å²) in [6.45, 7) is 0. The molecule has 0 aliphatic carbocycles. The van der Waals surface area contributed by atoms with Gasteiger partial charge in [0.05, 0.1) is 16.6 Å². The summed E-state index contributed by atoms with van der Waals surface area (Å²) < 4.78 is 39.4. The van der Waals surface area contributed by atoms with E-state index in [-0.39, 0.29) is 5.56 Å².